The molecule has 0 radical (unpaired) electrons. The monoisotopic (exact) mass is 196 g/mol. The number of hydrogen-bond acceptors (Lipinski definition) is 2. The zero-order valence-electron chi connectivity index (χ0n) is 8.97. The molecule has 0 saturated heterocycles. The van der Waals surface area contributed by atoms with Gasteiger partial charge in [-0.05, 0) is 51.6 Å². The highest BCUT2D eigenvalue weighted by molar-refractivity contribution is 5.20. The van der Waals surface area contributed by atoms with Crippen molar-refractivity contribution < 1.29 is 4.39 Å². The smallest absolute Gasteiger partial charge is 0.147 e. The van der Waals surface area contributed by atoms with Gasteiger partial charge in [-0.3, -0.25) is 4.98 Å². The van der Waals surface area contributed by atoms with E-state index >= 15 is 0 Å². The minimum atomic E-state index is -1.35. The lowest BCUT2D eigenvalue weighted by atomic mass is 10.0. The molecule has 0 aliphatic carbocycles. The molecule has 3 heteroatoms. The quantitative estimate of drug-likeness (QED) is 0.797. The van der Waals surface area contributed by atoms with Crippen LogP contribution in [0.25, 0.3) is 0 Å². The van der Waals surface area contributed by atoms with E-state index in [1.54, 1.807) is 6.20 Å². The zero-order chi connectivity index (χ0) is 10.6. The first kappa shape index (κ1) is 11.1. The van der Waals surface area contributed by atoms with Crippen molar-refractivity contribution in [2.24, 2.45) is 0 Å². The van der Waals surface area contributed by atoms with Gasteiger partial charge in [0.05, 0.1) is 5.69 Å². The molecule has 0 bridgehead atoms. The highest BCUT2D eigenvalue weighted by atomic mass is 19.1. The van der Waals surface area contributed by atoms with Crippen LogP contribution in [0, 0.1) is 0 Å². The number of pyridine rings is 1. The lowest BCUT2D eigenvalue weighted by Gasteiger charge is -2.14. The van der Waals surface area contributed by atoms with E-state index in [1.807, 2.05) is 19.2 Å². The van der Waals surface area contributed by atoms with Gasteiger partial charge in [-0.1, -0.05) is 0 Å². The largest absolute Gasteiger partial charge is 0.319 e. The standard InChI is InChI=1S/C11H17FN2/c1-11(2,12)10-8-9(4-6-13-3)5-7-14-10/h5,7-8,13H,4,6H2,1-3H3. The van der Waals surface area contributed by atoms with Gasteiger partial charge in [0.2, 0.25) is 0 Å². The minimum Gasteiger partial charge on any atom is -0.319 e. The molecule has 1 aromatic rings. The maximum Gasteiger partial charge on any atom is 0.147 e. The van der Waals surface area contributed by atoms with Crippen molar-refractivity contribution in [1.82, 2.24) is 10.3 Å². The summed E-state index contributed by atoms with van der Waals surface area (Å²) >= 11 is 0. The first-order valence-electron chi connectivity index (χ1n) is 4.83. The molecule has 0 aliphatic heterocycles. The molecular weight excluding hydrogens is 179 g/mol. The van der Waals surface area contributed by atoms with Crippen LogP contribution in [0.2, 0.25) is 0 Å². The summed E-state index contributed by atoms with van der Waals surface area (Å²) in [5, 5.41) is 3.06. The normalized spacial score (nSPS) is 11.7. The Balaban J connectivity index is 2.79. The second kappa shape index (κ2) is 4.51. The average Bonchev–Trinajstić information content (AvgIpc) is 2.14. The van der Waals surface area contributed by atoms with Gasteiger partial charge in [0.15, 0.2) is 0 Å². The molecule has 2 nitrogen and oxygen atoms in total. The Morgan fingerprint density at radius 2 is 2.21 bits per heavy atom. The van der Waals surface area contributed by atoms with Crippen molar-refractivity contribution in [3.8, 4) is 0 Å². The number of nitrogens with zero attached hydrogens (tertiary/aromatic N) is 1. The van der Waals surface area contributed by atoms with E-state index in [-0.39, 0.29) is 0 Å². The number of likely N-dealkylation sites (N-methyl/N-ethyl adjacent to an activating group) is 1. The van der Waals surface area contributed by atoms with Gasteiger partial charge >= 0.3 is 0 Å². The van der Waals surface area contributed by atoms with E-state index in [4.69, 9.17) is 0 Å². The maximum atomic E-state index is 13.5. The Morgan fingerprint density at radius 3 is 2.79 bits per heavy atom. The fourth-order valence-corrected chi connectivity index (χ4v) is 1.22. The fourth-order valence-electron chi connectivity index (χ4n) is 1.22. The first-order chi connectivity index (χ1) is 6.54. The van der Waals surface area contributed by atoms with Crippen molar-refractivity contribution in [3.05, 3.63) is 29.6 Å². The number of rotatable bonds is 4. The van der Waals surface area contributed by atoms with E-state index in [0.717, 1.165) is 18.5 Å². The zero-order valence-corrected chi connectivity index (χ0v) is 8.97. The summed E-state index contributed by atoms with van der Waals surface area (Å²) in [6.45, 7) is 3.95. The second-order valence-corrected chi connectivity index (χ2v) is 3.88. The molecule has 78 valence electrons. The van der Waals surface area contributed by atoms with Gasteiger partial charge in [0.25, 0.3) is 0 Å². The van der Waals surface area contributed by atoms with E-state index in [2.05, 4.69) is 10.3 Å². The first-order valence-corrected chi connectivity index (χ1v) is 4.83. The molecular formula is C11H17FN2. The summed E-state index contributed by atoms with van der Waals surface area (Å²) in [7, 11) is 1.90. The topological polar surface area (TPSA) is 24.9 Å². The molecule has 14 heavy (non-hydrogen) atoms. The third-order valence-corrected chi connectivity index (χ3v) is 2.10. The summed E-state index contributed by atoms with van der Waals surface area (Å²) in [6, 6.07) is 3.75. The molecule has 1 rings (SSSR count). The Hall–Kier alpha value is -0.960. The predicted molar refractivity (Wildman–Crippen MR) is 56.0 cm³/mol. The summed E-state index contributed by atoms with van der Waals surface area (Å²) in [6.07, 6.45) is 2.57. The van der Waals surface area contributed by atoms with Crippen molar-refractivity contribution >= 4 is 0 Å². The van der Waals surface area contributed by atoms with Crippen LogP contribution in [0.4, 0.5) is 4.39 Å². The number of alkyl halides is 1. The number of aromatic nitrogens is 1. The van der Waals surface area contributed by atoms with E-state index in [0.29, 0.717) is 5.69 Å². The molecule has 0 unspecified atom stereocenters. The Bertz CT molecular complexity index is 292. The number of halogens is 1. The number of hydrogen-bond donors (Lipinski definition) is 1. The fraction of sp³-hybridized carbons (Fsp3) is 0.545. The van der Waals surface area contributed by atoms with Gasteiger partial charge in [-0.15, -0.1) is 0 Å². The van der Waals surface area contributed by atoms with Crippen LogP contribution >= 0.6 is 0 Å². The maximum absolute atomic E-state index is 13.5. The van der Waals surface area contributed by atoms with Crippen LogP contribution in [-0.2, 0) is 12.1 Å². The van der Waals surface area contributed by atoms with Gasteiger partial charge in [0.1, 0.15) is 5.67 Å². The molecule has 0 amide bonds. The molecule has 1 heterocycles. The van der Waals surface area contributed by atoms with Crippen LogP contribution in [0.3, 0.4) is 0 Å². The Labute approximate surface area is 84.6 Å². The van der Waals surface area contributed by atoms with E-state index < -0.39 is 5.67 Å². The highest BCUT2D eigenvalue weighted by Crippen LogP contribution is 2.22. The van der Waals surface area contributed by atoms with Crippen LogP contribution in [0.5, 0.6) is 0 Å². The number of nitrogens with one attached hydrogen (secondary N) is 1. The summed E-state index contributed by atoms with van der Waals surface area (Å²) in [5.41, 5.74) is 0.275. The molecule has 0 spiro atoms. The summed E-state index contributed by atoms with van der Waals surface area (Å²) in [4.78, 5) is 4.02. The van der Waals surface area contributed by atoms with Crippen molar-refractivity contribution in [3.63, 3.8) is 0 Å². The molecule has 0 saturated carbocycles. The lowest BCUT2D eigenvalue weighted by molar-refractivity contribution is 0.214. The van der Waals surface area contributed by atoms with E-state index in [9.17, 15) is 4.39 Å². The van der Waals surface area contributed by atoms with Crippen molar-refractivity contribution in [2.45, 2.75) is 25.9 Å². The third-order valence-electron chi connectivity index (χ3n) is 2.10. The van der Waals surface area contributed by atoms with Crippen molar-refractivity contribution in [1.29, 1.82) is 0 Å². The second-order valence-electron chi connectivity index (χ2n) is 3.88. The third kappa shape index (κ3) is 3.07. The summed E-state index contributed by atoms with van der Waals surface area (Å²) in [5.74, 6) is 0. The average molecular weight is 196 g/mol. The van der Waals surface area contributed by atoms with Gasteiger partial charge in [-0.25, -0.2) is 4.39 Å². The molecule has 1 aromatic heterocycles. The minimum absolute atomic E-state index is 0.506. The van der Waals surface area contributed by atoms with Gasteiger partial charge in [-0.2, -0.15) is 0 Å². The molecule has 0 atom stereocenters. The van der Waals surface area contributed by atoms with Crippen LogP contribution in [-0.4, -0.2) is 18.6 Å². The van der Waals surface area contributed by atoms with Crippen molar-refractivity contribution in [2.75, 3.05) is 13.6 Å². The molecule has 0 fully saturated rings. The highest BCUT2D eigenvalue weighted by Gasteiger charge is 2.20. The molecule has 0 aliphatic rings. The van der Waals surface area contributed by atoms with Crippen LogP contribution < -0.4 is 5.32 Å². The SMILES string of the molecule is CNCCc1ccnc(C(C)(C)F)c1. The lowest BCUT2D eigenvalue weighted by Crippen LogP contribution is -2.14. The Kier molecular flexibility index (Phi) is 3.58. The molecule has 0 aromatic carbocycles. The van der Waals surface area contributed by atoms with Gasteiger partial charge in [0, 0.05) is 6.20 Å². The van der Waals surface area contributed by atoms with Gasteiger partial charge < -0.3 is 5.32 Å². The van der Waals surface area contributed by atoms with Crippen LogP contribution in [0.1, 0.15) is 25.1 Å². The van der Waals surface area contributed by atoms with E-state index in [1.165, 1.54) is 13.8 Å². The molecule has 1 N–H and O–H groups in total. The summed E-state index contributed by atoms with van der Waals surface area (Å²) < 4.78 is 13.5. The Morgan fingerprint density at radius 1 is 1.50 bits per heavy atom. The predicted octanol–water partition coefficient (Wildman–Crippen LogP) is 2.05. The van der Waals surface area contributed by atoms with Crippen LogP contribution in [0.15, 0.2) is 18.3 Å².